The summed E-state index contributed by atoms with van der Waals surface area (Å²) in [6.07, 6.45) is -9.60. The molecule has 8 heteroatoms. The maximum Gasteiger partial charge on any atom is 0.416 e. The molecule has 2 N–H and O–H groups in total. The maximum absolute atomic E-state index is 12.3. The second kappa shape index (κ2) is 4.38. The minimum Gasteiger partial charge on any atom is -0.316 e. The van der Waals surface area contributed by atoms with Crippen molar-refractivity contribution in [2.75, 3.05) is 0 Å². The maximum atomic E-state index is 12.3. The molecule has 0 aromatic heterocycles. The van der Waals surface area contributed by atoms with E-state index in [2.05, 4.69) is 0 Å². The van der Waals surface area contributed by atoms with Gasteiger partial charge in [0.05, 0.1) is 5.56 Å². The molecule has 17 heavy (non-hydrogen) atoms. The number of hydrogen-bond donors (Lipinski definition) is 1. The quantitative estimate of drug-likeness (QED) is 0.774. The van der Waals surface area contributed by atoms with Gasteiger partial charge in [-0.1, -0.05) is 11.6 Å². The van der Waals surface area contributed by atoms with Crippen LogP contribution in [-0.2, 0) is 6.18 Å². The van der Waals surface area contributed by atoms with E-state index in [0.29, 0.717) is 12.1 Å². The standard InChI is InChI=1S/C9H6ClF6N/c10-6-2-4(7(17)9(14,15)16)1-5(3-6)8(11,12)13/h1-3,7H,17H2. The SMILES string of the molecule is NC(c1cc(Cl)cc(C(F)(F)F)c1)C(F)(F)F. The minimum atomic E-state index is -4.83. The van der Waals surface area contributed by atoms with Crippen molar-refractivity contribution in [1.29, 1.82) is 0 Å². The van der Waals surface area contributed by atoms with Gasteiger partial charge in [0.2, 0.25) is 0 Å². The van der Waals surface area contributed by atoms with Crippen LogP contribution in [0.25, 0.3) is 0 Å². The van der Waals surface area contributed by atoms with Crippen molar-refractivity contribution in [3.05, 3.63) is 34.3 Å². The first-order valence-electron chi connectivity index (χ1n) is 4.22. The zero-order valence-corrected chi connectivity index (χ0v) is 8.79. The lowest BCUT2D eigenvalue weighted by atomic mass is 10.0. The third-order valence-electron chi connectivity index (χ3n) is 1.96. The average molecular weight is 278 g/mol. The van der Waals surface area contributed by atoms with Crippen LogP contribution >= 0.6 is 11.6 Å². The van der Waals surface area contributed by atoms with E-state index in [1.165, 1.54) is 0 Å². The van der Waals surface area contributed by atoms with Gasteiger partial charge in [0, 0.05) is 5.02 Å². The highest BCUT2D eigenvalue weighted by Crippen LogP contribution is 2.36. The topological polar surface area (TPSA) is 26.0 Å². The minimum absolute atomic E-state index is 0.337. The molecule has 1 rings (SSSR count). The van der Waals surface area contributed by atoms with E-state index in [4.69, 9.17) is 17.3 Å². The number of rotatable bonds is 1. The number of halogens is 7. The summed E-state index contributed by atoms with van der Waals surface area (Å²) in [6.45, 7) is 0. The third kappa shape index (κ3) is 3.50. The van der Waals surface area contributed by atoms with Crippen molar-refractivity contribution in [1.82, 2.24) is 0 Å². The zero-order chi connectivity index (χ0) is 13.4. The Morgan fingerprint density at radius 3 is 1.94 bits per heavy atom. The van der Waals surface area contributed by atoms with Crippen LogP contribution in [0.4, 0.5) is 26.3 Å². The first-order chi connectivity index (χ1) is 7.51. The molecule has 0 bridgehead atoms. The number of nitrogens with two attached hydrogens (primary N) is 1. The normalized spacial score (nSPS) is 14.8. The fraction of sp³-hybridized carbons (Fsp3) is 0.333. The Labute approximate surface area is 97.2 Å². The number of benzene rings is 1. The molecule has 1 aromatic carbocycles. The van der Waals surface area contributed by atoms with Gasteiger partial charge in [-0.05, 0) is 23.8 Å². The molecule has 0 saturated heterocycles. The molecular weight excluding hydrogens is 272 g/mol. The van der Waals surface area contributed by atoms with Crippen LogP contribution in [0.15, 0.2) is 18.2 Å². The molecule has 1 atom stereocenters. The summed E-state index contributed by atoms with van der Waals surface area (Å²) in [5.41, 5.74) is 2.81. The lowest BCUT2D eigenvalue weighted by molar-refractivity contribution is -0.150. The molecule has 0 amide bonds. The van der Waals surface area contributed by atoms with Gasteiger partial charge in [0.25, 0.3) is 0 Å². The largest absolute Gasteiger partial charge is 0.416 e. The Morgan fingerprint density at radius 1 is 1.00 bits per heavy atom. The van der Waals surface area contributed by atoms with Crippen molar-refractivity contribution < 1.29 is 26.3 Å². The van der Waals surface area contributed by atoms with Crippen molar-refractivity contribution in [2.24, 2.45) is 5.73 Å². The van der Waals surface area contributed by atoms with E-state index >= 15 is 0 Å². The van der Waals surface area contributed by atoms with Crippen molar-refractivity contribution >= 4 is 11.6 Å². The first-order valence-corrected chi connectivity index (χ1v) is 4.59. The van der Waals surface area contributed by atoms with E-state index < -0.39 is 34.5 Å². The van der Waals surface area contributed by atoms with E-state index in [9.17, 15) is 26.3 Å². The summed E-state index contributed by atoms with van der Waals surface area (Å²) >= 11 is 5.33. The fourth-order valence-electron chi connectivity index (χ4n) is 1.14. The smallest absolute Gasteiger partial charge is 0.316 e. The van der Waals surface area contributed by atoms with Gasteiger partial charge >= 0.3 is 12.4 Å². The van der Waals surface area contributed by atoms with Crippen molar-refractivity contribution in [3.8, 4) is 0 Å². The highest BCUT2D eigenvalue weighted by Gasteiger charge is 2.39. The van der Waals surface area contributed by atoms with Crippen LogP contribution in [0.3, 0.4) is 0 Å². The molecule has 0 aliphatic carbocycles. The van der Waals surface area contributed by atoms with E-state index in [0.717, 1.165) is 6.07 Å². The van der Waals surface area contributed by atoms with E-state index in [-0.39, 0.29) is 0 Å². The van der Waals surface area contributed by atoms with Crippen LogP contribution in [0.1, 0.15) is 17.2 Å². The Balaban J connectivity index is 3.24. The first kappa shape index (κ1) is 14.1. The monoisotopic (exact) mass is 277 g/mol. The van der Waals surface area contributed by atoms with Gasteiger partial charge in [0.15, 0.2) is 0 Å². The Hall–Kier alpha value is -0.950. The lowest BCUT2D eigenvalue weighted by Crippen LogP contribution is -2.28. The zero-order valence-electron chi connectivity index (χ0n) is 8.03. The van der Waals surface area contributed by atoms with Gasteiger partial charge in [-0.25, -0.2) is 0 Å². The summed E-state index contributed by atoms with van der Waals surface area (Å²) < 4.78 is 73.7. The van der Waals surface area contributed by atoms with E-state index in [1.807, 2.05) is 0 Å². The second-order valence-corrected chi connectivity index (χ2v) is 3.73. The predicted octanol–water partition coefficient (Wildman–Crippen LogP) is 3.92. The van der Waals surface area contributed by atoms with E-state index in [1.54, 1.807) is 0 Å². The summed E-state index contributed by atoms with van der Waals surface area (Å²) in [7, 11) is 0. The van der Waals surface area contributed by atoms with Crippen LogP contribution in [-0.4, -0.2) is 6.18 Å². The van der Waals surface area contributed by atoms with Gasteiger partial charge in [-0.2, -0.15) is 26.3 Å². The molecule has 1 nitrogen and oxygen atoms in total. The van der Waals surface area contributed by atoms with Gasteiger partial charge in [-0.15, -0.1) is 0 Å². The molecule has 0 radical (unpaired) electrons. The number of hydrogen-bond acceptors (Lipinski definition) is 1. The van der Waals surface area contributed by atoms with Crippen LogP contribution in [0.2, 0.25) is 5.02 Å². The Morgan fingerprint density at radius 2 is 1.53 bits per heavy atom. The fourth-order valence-corrected chi connectivity index (χ4v) is 1.39. The van der Waals surface area contributed by atoms with Crippen LogP contribution in [0.5, 0.6) is 0 Å². The molecular formula is C9H6ClF6N. The summed E-state index contributed by atoms with van der Waals surface area (Å²) in [5.74, 6) is 0. The molecule has 96 valence electrons. The molecule has 0 saturated carbocycles. The highest BCUT2D eigenvalue weighted by atomic mass is 35.5. The van der Waals surface area contributed by atoms with Gasteiger partial charge in [0.1, 0.15) is 6.04 Å². The molecule has 0 fully saturated rings. The predicted molar refractivity (Wildman–Crippen MR) is 49.4 cm³/mol. The molecule has 0 aliphatic heterocycles. The average Bonchev–Trinajstić information content (AvgIpc) is 2.12. The number of alkyl halides is 6. The summed E-state index contributed by atoms with van der Waals surface area (Å²) in [6, 6.07) is -0.866. The molecule has 1 unspecified atom stereocenters. The molecule has 0 heterocycles. The summed E-state index contributed by atoms with van der Waals surface area (Å²) in [5, 5.41) is -0.450. The Bertz CT molecular complexity index is 411. The van der Waals surface area contributed by atoms with Crippen LogP contribution in [0, 0.1) is 0 Å². The lowest BCUT2D eigenvalue weighted by Gasteiger charge is -2.17. The molecule has 1 aromatic rings. The van der Waals surface area contributed by atoms with Gasteiger partial charge < -0.3 is 5.73 Å². The van der Waals surface area contributed by atoms with Crippen LogP contribution < -0.4 is 5.73 Å². The van der Waals surface area contributed by atoms with Crippen molar-refractivity contribution in [2.45, 2.75) is 18.4 Å². The molecule has 0 aliphatic rings. The van der Waals surface area contributed by atoms with Crippen molar-refractivity contribution in [3.63, 3.8) is 0 Å². The van der Waals surface area contributed by atoms with Gasteiger partial charge in [-0.3, -0.25) is 0 Å². The highest BCUT2D eigenvalue weighted by molar-refractivity contribution is 6.30. The summed E-state index contributed by atoms with van der Waals surface area (Å²) in [4.78, 5) is 0. The Kier molecular flexibility index (Phi) is 3.63. The third-order valence-corrected chi connectivity index (χ3v) is 2.18. The molecule has 0 spiro atoms. The second-order valence-electron chi connectivity index (χ2n) is 3.29.